The Morgan fingerprint density at radius 1 is 1.16 bits per heavy atom. The van der Waals surface area contributed by atoms with Gasteiger partial charge in [0.05, 0.1) is 5.69 Å². The van der Waals surface area contributed by atoms with Crippen LogP contribution in [0.2, 0.25) is 0 Å². The summed E-state index contributed by atoms with van der Waals surface area (Å²) in [6.07, 6.45) is 0. The first-order chi connectivity index (χ1) is 12.1. The zero-order valence-electron chi connectivity index (χ0n) is 13.9. The number of aromatic nitrogens is 1. The highest BCUT2D eigenvalue weighted by atomic mass is 32.1. The Kier molecular flexibility index (Phi) is 5.30. The van der Waals surface area contributed by atoms with Crippen LogP contribution in [0.4, 0.5) is 5.13 Å². The maximum absolute atomic E-state index is 11.9. The van der Waals surface area contributed by atoms with E-state index in [0.717, 1.165) is 21.7 Å². The number of nitrogens with two attached hydrogens (primary N) is 1. The Morgan fingerprint density at radius 3 is 2.52 bits per heavy atom. The van der Waals surface area contributed by atoms with E-state index in [1.807, 2.05) is 61.5 Å². The van der Waals surface area contributed by atoms with Crippen LogP contribution in [0.5, 0.6) is 5.75 Å². The van der Waals surface area contributed by atoms with Crippen LogP contribution in [-0.4, -0.2) is 17.5 Å². The van der Waals surface area contributed by atoms with E-state index in [9.17, 15) is 4.79 Å². The van der Waals surface area contributed by atoms with Crippen molar-refractivity contribution in [2.45, 2.75) is 13.5 Å². The Bertz CT molecular complexity index is 845. The highest BCUT2D eigenvalue weighted by Gasteiger charge is 2.08. The number of hydrogen-bond acceptors (Lipinski definition) is 5. The molecule has 0 bridgehead atoms. The smallest absolute Gasteiger partial charge is 0.258 e. The van der Waals surface area contributed by atoms with Crippen molar-refractivity contribution in [2.24, 2.45) is 0 Å². The Balaban J connectivity index is 1.51. The topological polar surface area (TPSA) is 77.2 Å². The number of thiazole rings is 1. The number of carbonyl (C=O) groups excluding carboxylic acids is 1. The van der Waals surface area contributed by atoms with E-state index in [-0.39, 0.29) is 12.5 Å². The minimum atomic E-state index is -0.156. The molecule has 0 saturated carbocycles. The number of nitrogens with zero attached hydrogens (tertiary/aromatic N) is 1. The Morgan fingerprint density at radius 2 is 1.88 bits per heavy atom. The van der Waals surface area contributed by atoms with Gasteiger partial charge in [-0.1, -0.05) is 30.3 Å². The van der Waals surface area contributed by atoms with E-state index in [1.54, 1.807) is 0 Å². The second kappa shape index (κ2) is 7.81. The molecule has 1 amide bonds. The first-order valence-corrected chi connectivity index (χ1v) is 8.70. The fraction of sp³-hybridized carbons (Fsp3) is 0.158. The first-order valence-electron chi connectivity index (χ1n) is 7.88. The minimum absolute atomic E-state index is 0.0190. The summed E-state index contributed by atoms with van der Waals surface area (Å²) in [5, 5.41) is 3.39. The molecule has 128 valence electrons. The van der Waals surface area contributed by atoms with Gasteiger partial charge in [0.25, 0.3) is 5.91 Å². The van der Waals surface area contributed by atoms with Gasteiger partial charge in [0.15, 0.2) is 11.7 Å². The van der Waals surface area contributed by atoms with Crippen molar-refractivity contribution in [2.75, 3.05) is 12.3 Å². The molecule has 0 aliphatic rings. The summed E-state index contributed by atoms with van der Waals surface area (Å²) in [5.41, 5.74) is 8.65. The molecule has 0 saturated heterocycles. The molecule has 1 aromatic heterocycles. The Labute approximate surface area is 150 Å². The van der Waals surface area contributed by atoms with Gasteiger partial charge in [-0.05, 0) is 36.8 Å². The number of anilines is 1. The monoisotopic (exact) mass is 353 g/mol. The zero-order chi connectivity index (χ0) is 17.6. The van der Waals surface area contributed by atoms with Crippen LogP contribution in [0.1, 0.15) is 10.4 Å². The molecule has 5 nitrogen and oxygen atoms in total. The van der Waals surface area contributed by atoms with E-state index in [0.29, 0.717) is 17.4 Å². The Hall–Kier alpha value is -2.86. The van der Waals surface area contributed by atoms with Crippen molar-refractivity contribution < 1.29 is 9.53 Å². The number of rotatable bonds is 6. The average molecular weight is 353 g/mol. The summed E-state index contributed by atoms with van der Waals surface area (Å²) in [6.45, 7) is 2.46. The van der Waals surface area contributed by atoms with Crippen LogP contribution in [0.25, 0.3) is 11.3 Å². The lowest BCUT2D eigenvalue weighted by Gasteiger charge is -2.08. The summed E-state index contributed by atoms with van der Waals surface area (Å²) >= 11 is 1.47. The molecule has 3 N–H and O–H groups in total. The van der Waals surface area contributed by atoms with E-state index < -0.39 is 0 Å². The molecule has 3 rings (SSSR count). The summed E-state index contributed by atoms with van der Waals surface area (Å²) in [4.78, 5) is 17.3. The van der Waals surface area contributed by atoms with Crippen LogP contribution in [0, 0.1) is 6.92 Å². The van der Waals surface area contributed by atoms with Crippen molar-refractivity contribution in [3.63, 3.8) is 0 Å². The molecule has 0 aliphatic heterocycles. The van der Waals surface area contributed by atoms with E-state index >= 15 is 0 Å². The second-order valence-corrected chi connectivity index (χ2v) is 6.77. The number of carbonyl (C=O) groups is 1. The van der Waals surface area contributed by atoms with Gasteiger partial charge in [0.2, 0.25) is 0 Å². The van der Waals surface area contributed by atoms with Gasteiger partial charge >= 0.3 is 0 Å². The molecule has 0 atom stereocenters. The molecule has 3 aromatic rings. The lowest BCUT2D eigenvalue weighted by Crippen LogP contribution is -2.28. The third-order valence-corrected chi connectivity index (χ3v) is 4.44. The van der Waals surface area contributed by atoms with Crippen molar-refractivity contribution >= 4 is 22.4 Å². The predicted molar refractivity (Wildman–Crippen MR) is 100 cm³/mol. The lowest BCUT2D eigenvalue weighted by molar-refractivity contribution is -0.123. The summed E-state index contributed by atoms with van der Waals surface area (Å²) in [7, 11) is 0. The quantitative estimate of drug-likeness (QED) is 0.712. The van der Waals surface area contributed by atoms with E-state index in [4.69, 9.17) is 10.5 Å². The zero-order valence-corrected chi connectivity index (χ0v) is 14.7. The fourth-order valence-corrected chi connectivity index (χ4v) is 3.10. The fourth-order valence-electron chi connectivity index (χ4n) is 2.39. The molecular weight excluding hydrogens is 334 g/mol. The molecule has 0 radical (unpaired) electrons. The lowest BCUT2D eigenvalue weighted by atomic mass is 10.1. The summed E-state index contributed by atoms with van der Waals surface area (Å²) in [6, 6.07) is 17.2. The maximum atomic E-state index is 11.9. The normalized spacial score (nSPS) is 10.4. The standard InChI is InChI=1S/C19H19N3O2S/c1-13-18(22-19(20)25-13)15-7-9-16(10-8-15)24-12-17(23)21-11-14-5-3-2-4-6-14/h2-10H,11-12H2,1H3,(H2,20,22)(H,21,23). The predicted octanol–water partition coefficient (Wildman–Crippen LogP) is 3.40. The highest BCUT2D eigenvalue weighted by Crippen LogP contribution is 2.29. The van der Waals surface area contributed by atoms with Gasteiger partial charge in [-0.15, -0.1) is 11.3 Å². The maximum Gasteiger partial charge on any atom is 0.258 e. The highest BCUT2D eigenvalue weighted by molar-refractivity contribution is 7.15. The third kappa shape index (κ3) is 4.58. The van der Waals surface area contributed by atoms with Crippen molar-refractivity contribution in [3.8, 4) is 17.0 Å². The van der Waals surface area contributed by atoms with Crippen molar-refractivity contribution in [1.82, 2.24) is 10.3 Å². The van der Waals surface area contributed by atoms with Crippen LogP contribution in [-0.2, 0) is 11.3 Å². The summed E-state index contributed by atoms with van der Waals surface area (Å²) < 4.78 is 5.53. The number of aryl methyl sites for hydroxylation is 1. The number of nitrogens with one attached hydrogen (secondary N) is 1. The first kappa shape index (κ1) is 17.0. The van der Waals surface area contributed by atoms with Gasteiger partial charge < -0.3 is 15.8 Å². The van der Waals surface area contributed by atoms with Crippen LogP contribution in [0.3, 0.4) is 0 Å². The van der Waals surface area contributed by atoms with E-state index in [1.165, 1.54) is 11.3 Å². The van der Waals surface area contributed by atoms with Gasteiger partial charge in [0, 0.05) is 17.0 Å². The molecule has 25 heavy (non-hydrogen) atoms. The number of nitrogen functional groups attached to an aromatic ring is 1. The van der Waals surface area contributed by atoms with Crippen LogP contribution < -0.4 is 15.8 Å². The number of hydrogen-bond donors (Lipinski definition) is 2. The third-order valence-electron chi connectivity index (χ3n) is 3.64. The average Bonchev–Trinajstić information content (AvgIpc) is 2.98. The van der Waals surface area contributed by atoms with Crippen LogP contribution in [0.15, 0.2) is 54.6 Å². The molecule has 2 aromatic carbocycles. The molecule has 0 spiro atoms. The minimum Gasteiger partial charge on any atom is -0.484 e. The molecule has 1 heterocycles. The van der Waals surface area contributed by atoms with Gasteiger partial charge in [-0.25, -0.2) is 4.98 Å². The molecule has 0 fully saturated rings. The molecular formula is C19H19N3O2S. The molecule has 6 heteroatoms. The van der Waals surface area contributed by atoms with E-state index in [2.05, 4.69) is 10.3 Å². The second-order valence-electron chi connectivity index (χ2n) is 5.53. The SMILES string of the molecule is Cc1sc(N)nc1-c1ccc(OCC(=O)NCc2ccccc2)cc1. The largest absolute Gasteiger partial charge is 0.484 e. The van der Waals surface area contributed by atoms with Crippen molar-refractivity contribution in [3.05, 3.63) is 65.0 Å². The molecule has 0 aliphatic carbocycles. The van der Waals surface area contributed by atoms with Crippen molar-refractivity contribution in [1.29, 1.82) is 0 Å². The van der Waals surface area contributed by atoms with Gasteiger partial charge in [-0.3, -0.25) is 4.79 Å². The number of ether oxygens (including phenoxy) is 1. The molecule has 0 unspecified atom stereocenters. The number of benzene rings is 2. The summed E-state index contributed by atoms with van der Waals surface area (Å²) in [5.74, 6) is 0.482. The van der Waals surface area contributed by atoms with Gasteiger partial charge in [0.1, 0.15) is 5.75 Å². The van der Waals surface area contributed by atoms with Crippen LogP contribution >= 0.6 is 11.3 Å². The van der Waals surface area contributed by atoms with Gasteiger partial charge in [-0.2, -0.15) is 0 Å². The number of amides is 1.